The van der Waals surface area contributed by atoms with Crippen molar-refractivity contribution in [2.24, 2.45) is 11.7 Å². The second-order valence-corrected chi connectivity index (χ2v) is 5.26. The first-order valence-electron chi connectivity index (χ1n) is 7.43. The Morgan fingerprint density at radius 1 is 1.00 bits per heavy atom. The molecule has 0 radical (unpaired) electrons. The van der Waals surface area contributed by atoms with E-state index in [0.717, 1.165) is 12.5 Å². The van der Waals surface area contributed by atoms with Crippen LogP contribution in [0.4, 0.5) is 0 Å². The largest absolute Gasteiger partial charge is 0.329 e. The van der Waals surface area contributed by atoms with E-state index in [-0.39, 0.29) is 0 Å². The maximum Gasteiger partial charge on any atom is 0.0247 e. The molecule has 1 atom stereocenters. The highest BCUT2D eigenvalue weighted by molar-refractivity contribution is 4.83. The number of hydrogen-bond donors (Lipinski definition) is 1. The molecule has 0 amide bonds. The van der Waals surface area contributed by atoms with Crippen LogP contribution in [0.25, 0.3) is 0 Å². The first kappa shape index (κ1) is 14.9. The second-order valence-electron chi connectivity index (χ2n) is 5.26. The van der Waals surface area contributed by atoms with Crippen LogP contribution in [-0.2, 0) is 0 Å². The van der Waals surface area contributed by atoms with Gasteiger partial charge in [-0.3, -0.25) is 4.90 Å². The van der Waals surface area contributed by atoms with Crippen LogP contribution >= 0.6 is 0 Å². The van der Waals surface area contributed by atoms with Crippen LogP contribution in [0.5, 0.6) is 0 Å². The van der Waals surface area contributed by atoms with Crippen LogP contribution in [0.3, 0.4) is 0 Å². The van der Waals surface area contributed by atoms with Crippen LogP contribution in [0.15, 0.2) is 0 Å². The number of nitrogens with two attached hydrogens (primary N) is 1. The average molecular weight is 241 g/mol. The van der Waals surface area contributed by atoms with E-state index in [1.807, 2.05) is 0 Å². The van der Waals surface area contributed by atoms with Crippen molar-refractivity contribution in [3.05, 3.63) is 0 Å². The Bertz CT molecular complexity index is 184. The molecule has 17 heavy (non-hydrogen) atoms. The van der Waals surface area contributed by atoms with Gasteiger partial charge in [0.2, 0.25) is 0 Å². The minimum Gasteiger partial charge on any atom is -0.329 e. The molecule has 1 aliphatic heterocycles. The normalized spacial score (nSPS) is 21.0. The molecule has 1 fully saturated rings. The molecule has 3 heteroatoms. The quantitative estimate of drug-likeness (QED) is 0.737. The van der Waals surface area contributed by atoms with Crippen molar-refractivity contribution in [3.63, 3.8) is 0 Å². The van der Waals surface area contributed by atoms with Gasteiger partial charge in [-0.2, -0.15) is 0 Å². The fourth-order valence-electron chi connectivity index (χ4n) is 3.11. The fourth-order valence-corrected chi connectivity index (χ4v) is 3.11. The van der Waals surface area contributed by atoms with E-state index in [4.69, 9.17) is 5.73 Å². The lowest BCUT2D eigenvalue weighted by Gasteiger charge is -2.41. The molecule has 1 heterocycles. The predicted molar refractivity (Wildman–Crippen MR) is 75.2 cm³/mol. The predicted octanol–water partition coefficient (Wildman–Crippen LogP) is 1.78. The summed E-state index contributed by atoms with van der Waals surface area (Å²) in [5.41, 5.74) is 5.99. The molecular weight excluding hydrogens is 210 g/mol. The molecule has 0 aliphatic carbocycles. The highest BCUT2D eigenvalue weighted by Gasteiger charge is 2.26. The van der Waals surface area contributed by atoms with E-state index < -0.39 is 0 Å². The van der Waals surface area contributed by atoms with E-state index >= 15 is 0 Å². The number of rotatable bonds is 7. The summed E-state index contributed by atoms with van der Waals surface area (Å²) in [7, 11) is 0. The molecule has 0 aromatic carbocycles. The molecule has 1 saturated heterocycles. The summed E-state index contributed by atoms with van der Waals surface area (Å²) in [6.45, 7) is 13.8. The van der Waals surface area contributed by atoms with Gasteiger partial charge in [0, 0.05) is 38.8 Å². The van der Waals surface area contributed by atoms with Crippen molar-refractivity contribution in [3.8, 4) is 0 Å². The summed E-state index contributed by atoms with van der Waals surface area (Å²) in [4.78, 5) is 5.21. The zero-order valence-electron chi connectivity index (χ0n) is 12.0. The fraction of sp³-hybridized carbons (Fsp3) is 1.00. The smallest absolute Gasteiger partial charge is 0.0247 e. The van der Waals surface area contributed by atoms with Crippen LogP contribution in [0, 0.1) is 5.92 Å². The SMILES string of the molecule is CCCN1CCN(C(CN)C(CC)CC)CC1. The Hall–Kier alpha value is -0.120. The molecule has 0 bridgehead atoms. The zero-order valence-corrected chi connectivity index (χ0v) is 12.0. The first-order chi connectivity index (χ1) is 8.26. The Morgan fingerprint density at radius 2 is 1.59 bits per heavy atom. The minimum absolute atomic E-state index is 0.605. The summed E-state index contributed by atoms with van der Waals surface area (Å²) < 4.78 is 0. The lowest BCUT2D eigenvalue weighted by Crippen LogP contribution is -2.54. The average Bonchev–Trinajstić information content (AvgIpc) is 2.37. The van der Waals surface area contributed by atoms with Gasteiger partial charge in [0.1, 0.15) is 0 Å². The summed E-state index contributed by atoms with van der Waals surface area (Å²) in [6, 6.07) is 0.605. The lowest BCUT2D eigenvalue weighted by molar-refractivity contribution is 0.0702. The van der Waals surface area contributed by atoms with E-state index in [2.05, 4.69) is 30.6 Å². The molecule has 0 aromatic heterocycles. The Kier molecular flexibility index (Phi) is 7.09. The lowest BCUT2D eigenvalue weighted by atomic mass is 9.92. The van der Waals surface area contributed by atoms with Gasteiger partial charge in [-0.15, -0.1) is 0 Å². The molecule has 0 aromatic rings. The van der Waals surface area contributed by atoms with Crippen LogP contribution in [0.1, 0.15) is 40.0 Å². The van der Waals surface area contributed by atoms with Crippen molar-refractivity contribution < 1.29 is 0 Å². The van der Waals surface area contributed by atoms with Gasteiger partial charge in [-0.05, 0) is 18.9 Å². The maximum absolute atomic E-state index is 5.99. The van der Waals surface area contributed by atoms with Gasteiger partial charge in [0.05, 0.1) is 0 Å². The molecule has 0 spiro atoms. The summed E-state index contributed by atoms with van der Waals surface area (Å²) in [5.74, 6) is 0.776. The molecule has 1 aliphatic rings. The first-order valence-corrected chi connectivity index (χ1v) is 7.43. The molecule has 2 N–H and O–H groups in total. The van der Waals surface area contributed by atoms with Crippen molar-refractivity contribution >= 4 is 0 Å². The van der Waals surface area contributed by atoms with Gasteiger partial charge < -0.3 is 10.6 Å². The zero-order chi connectivity index (χ0) is 12.7. The van der Waals surface area contributed by atoms with Crippen LogP contribution in [0.2, 0.25) is 0 Å². The Labute approximate surface area is 107 Å². The summed E-state index contributed by atoms with van der Waals surface area (Å²) in [5, 5.41) is 0. The van der Waals surface area contributed by atoms with Crippen LogP contribution in [-0.4, -0.2) is 55.1 Å². The van der Waals surface area contributed by atoms with Gasteiger partial charge in [-0.25, -0.2) is 0 Å². The standard InChI is InChI=1S/C14H31N3/c1-4-7-16-8-10-17(11-9-16)14(12-15)13(5-2)6-3/h13-14H,4-12,15H2,1-3H3. The van der Waals surface area contributed by atoms with Crippen molar-refractivity contribution in [2.45, 2.75) is 46.1 Å². The molecular formula is C14H31N3. The topological polar surface area (TPSA) is 32.5 Å². The number of hydrogen-bond acceptors (Lipinski definition) is 3. The van der Waals surface area contributed by atoms with Crippen LogP contribution < -0.4 is 5.73 Å². The highest BCUT2D eigenvalue weighted by atomic mass is 15.3. The third kappa shape index (κ3) is 4.23. The molecule has 3 nitrogen and oxygen atoms in total. The van der Waals surface area contributed by atoms with Gasteiger partial charge in [0.25, 0.3) is 0 Å². The third-order valence-corrected chi connectivity index (χ3v) is 4.25. The number of piperazine rings is 1. The second kappa shape index (κ2) is 8.06. The van der Waals surface area contributed by atoms with Gasteiger partial charge in [0.15, 0.2) is 0 Å². The van der Waals surface area contributed by atoms with E-state index in [9.17, 15) is 0 Å². The molecule has 102 valence electrons. The Morgan fingerprint density at radius 3 is 2.00 bits per heavy atom. The van der Waals surface area contributed by atoms with E-state index in [1.165, 1.54) is 52.0 Å². The Balaban J connectivity index is 2.44. The summed E-state index contributed by atoms with van der Waals surface area (Å²) >= 11 is 0. The molecule has 0 saturated carbocycles. The third-order valence-electron chi connectivity index (χ3n) is 4.25. The monoisotopic (exact) mass is 241 g/mol. The molecule has 1 rings (SSSR count). The van der Waals surface area contributed by atoms with E-state index in [1.54, 1.807) is 0 Å². The molecule has 1 unspecified atom stereocenters. The van der Waals surface area contributed by atoms with Crippen molar-refractivity contribution in [1.29, 1.82) is 0 Å². The minimum atomic E-state index is 0.605. The maximum atomic E-state index is 5.99. The van der Waals surface area contributed by atoms with E-state index in [0.29, 0.717) is 6.04 Å². The van der Waals surface area contributed by atoms with Gasteiger partial charge >= 0.3 is 0 Å². The summed E-state index contributed by atoms with van der Waals surface area (Å²) in [6.07, 6.45) is 3.79. The van der Waals surface area contributed by atoms with Crippen molar-refractivity contribution in [1.82, 2.24) is 9.80 Å². The van der Waals surface area contributed by atoms with Gasteiger partial charge in [-0.1, -0.05) is 33.6 Å². The highest BCUT2D eigenvalue weighted by Crippen LogP contribution is 2.19. The number of nitrogens with zero attached hydrogens (tertiary/aromatic N) is 2. The van der Waals surface area contributed by atoms with Crippen molar-refractivity contribution in [2.75, 3.05) is 39.3 Å².